The topological polar surface area (TPSA) is 89.1 Å². The highest BCUT2D eigenvalue weighted by Crippen LogP contribution is 2.41. The van der Waals surface area contributed by atoms with E-state index in [0.717, 1.165) is 11.1 Å². The van der Waals surface area contributed by atoms with Crippen LogP contribution in [0, 0.1) is 0 Å². The molecule has 3 amide bonds. The predicted molar refractivity (Wildman–Crippen MR) is 128 cm³/mol. The third-order valence-electron chi connectivity index (χ3n) is 5.32. The van der Waals surface area contributed by atoms with Crippen molar-refractivity contribution in [3.05, 3.63) is 53.6 Å². The van der Waals surface area contributed by atoms with Crippen LogP contribution in [0.3, 0.4) is 0 Å². The Balaban J connectivity index is 1.76. The second-order valence-corrected chi connectivity index (χ2v) is 7.97. The number of rotatable bonds is 7. The number of hydrogen-bond donors (Lipinski definition) is 2. The number of ether oxygens (including phenoxy) is 3. The molecule has 1 heterocycles. The van der Waals surface area contributed by atoms with Crippen molar-refractivity contribution in [2.24, 2.45) is 0 Å². The minimum atomic E-state index is -0.303. The number of methoxy groups -OCH3 is 3. The minimum absolute atomic E-state index is 0.0205. The summed E-state index contributed by atoms with van der Waals surface area (Å²) in [5.74, 6) is 1.88. The Kier molecular flexibility index (Phi) is 7.82. The lowest BCUT2D eigenvalue weighted by Crippen LogP contribution is -2.35. The molecule has 8 heteroatoms. The van der Waals surface area contributed by atoms with E-state index >= 15 is 0 Å². The van der Waals surface area contributed by atoms with Crippen molar-refractivity contribution in [2.45, 2.75) is 26.3 Å². The summed E-state index contributed by atoms with van der Waals surface area (Å²) < 4.78 is 16.5. The number of nitrogens with zero attached hydrogens (tertiary/aromatic N) is 1. The molecule has 2 aromatic rings. The molecule has 1 aliphatic heterocycles. The Labute approximate surface area is 194 Å². The van der Waals surface area contributed by atoms with Crippen molar-refractivity contribution in [1.29, 1.82) is 0 Å². The van der Waals surface area contributed by atoms with Crippen molar-refractivity contribution in [2.75, 3.05) is 39.7 Å². The lowest BCUT2D eigenvalue weighted by Gasteiger charge is -2.28. The van der Waals surface area contributed by atoms with Crippen LogP contribution in [0.2, 0.25) is 0 Å². The maximum atomic E-state index is 13.1. The summed E-state index contributed by atoms with van der Waals surface area (Å²) in [7, 11) is 4.82. The summed E-state index contributed by atoms with van der Waals surface area (Å²) in [6.45, 7) is 4.77. The van der Waals surface area contributed by atoms with Crippen LogP contribution >= 0.6 is 0 Å². The Morgan fingerprint density at radius 1 is 1.00 bits per heavy atom. The Morgan fingerprint density at radius 2 is 1.70 bits per heavy atom. The molecule has 0 aromatic heterocycles. The number of benzene rings is 2. The summed E-state index contributed by atoms with van der Waals surface area (Å²) in [5, 5.41) is 5.53. The van der Waals surface area contributed by atoms with Crippen LogP contribution in [0.15, 0.2) is 42.5 Å². The lowest BCUT2D eigenvalue weighted by atomic mass is 9.96. The average Bonchev–Trinajstić information content (AvgIpc) is 2.82. The molecular formula is C25H31N3O5. The zero-order valence-electron chi connectivity index (χ0n) is 19.7. The molecule has 33 heavy (non-hydrogen) atoms. The largest absolute Gasteiger partial charge is 0.496 e. The molecule has 8 nitrogen and oxygen atoms in total. The highest BCUT2D eigenvalue weighted by atomic mass is 16.5. The summed E-state index contributed by atoms with van der Waals surface area (Å²) in [6.07, 6.45) is 2.67. The fourth-order valence-electron chi connectivity index (χ4n) is 3.74. The highest BCUT2D eigenvalue weighted by Gasteiger charge is 2.24. The first-order valence-corrected chi connectivity index (χ1v) is 10.8. The van der Waals surface area contributed by atoms with Crippen LogP contribution in [-0.2, 0) is 0 Å². The zero-order chi connectivity index (χ0) is 24.0. The van der Waals surface area contributed by atoms with E-state index in [9.17, 15) is 9.59 Å². The second kappa shape index (κ2) is 10.8. The van der Waals surface area contributed by atoms with E-state index in [1.807, 2.05) is 32.1 Å². The number of carbonyl (C=O) groups is 2. The molecule has 3 rings (SSSR count). The van der Waals surface area contributed by atoms with Crippen molar-refractivity contribution in [3.63, 3.8) is 0 Å². The molecule has 2 aromatic carbocycles. The van der Waals surface area contributed by atoms with Gasteiger partial charge in [-0.15, -0.1) is 0 Å². The number of anilines is 1. The van der Waals surface area contributed by atoms with Gasteiger partial charge in [-0.3, -0.25) is 4.79 Å². The van der Waals surface area contributed by atoms with E-state index < -0.39 is 0 Å². The van der Waals surface area contributed by atoms with Crippen molar-refractivity contribution in [3.8, 4) is 17.2 Å². The molecule has 0 saturated carbocycles. The van der Waals surface area contributed by atoms with Crippen LogP contribution in [0.1, 0.15) is 36.2 Å². The van der Waals surface area contributed by atoms with Gasteiger partial charge in [0, 0.05) is 42.5 Å². The molecule has 0 radical (unpaired) electrons. The Hall–Kier alpha value is -3.68. The normalized spacial score (nSPS) is 13.3. The highest BCUT2D eigenvalue weighted by molar-refractivity contribution is 5.97. The van der Waals surface area contributed by atoms with E-state index in [-0.39, 0.29) is 18.0 Å². The van der Waals surface area contributed by atoms with Gasteiger partial charge < -0.3 is 29.7 Å². The van der Waals surface area contributed by atoms with Gasteiger partial charge in [-0.25, -0.2) is 4.79 Å². The van der Waals surface area contributed by atoms with Gasteiger partial charge in [0.2, 0.25) is 0 Å². The van der Waals surface area contributed by atoms with Crippen LogP contribution in [0.25, 0.3) is 5.57 Å². The molecule has 0 aliphatic carbocycles. The fraction of sp³-hybridized carbons (Fsp3) is 0.360. The van der Waals surface area contributed by atoms with Gasteiger partial charge in [-0.1, -0.05) is 12.1 Å². The SMILES string of the molecule is COc1cc(OC)c(C2=CCN(C(=O)c3cccc(NC(=O)NC(C)C)c3)CC2)c(OC)c1. The Morgan fingerprint density at radius 3 is 2.24 bits per heavy atom. The van der Waals surface area contributed by atoms with Crippen molar-refractivity contribution in [1.82, 2.24) is 10.2 Å². The van der Waals surface area contributed by atoms with Gasteiger partial charge in [0.1, 0.15) is 17.2 Å². The molecule has 0 atom stereocenters. The number of nitrogens with one attached hydrogen (secondary N) is 2. The van der Waals surface area contributed by atoms with Crippen LogP contribution in [0.4, 0.5) is 10.5 Å². The average molecular weight is 454 g/mol. The number of carbonyl (C=O) groups excluding carboxylic acids is 2. The quantitative estimate of drug-likeness (QED) is 0.657. The smallest absolute Gasteiger partial charge is 0.319 e. The first-order valence-electron chi connectivity index (χ1n) is 10.8. The second-order valence-electron chi connectivity index (χ2n) is 7.97. The third-order valence-corrected chi connectivity index (χ3v) is 5.32. The number of urea groups is 1. The predicted octanol–water partition coefficient (Wildman–Crippen LogP) is 4.17. The minimum Gasteiger partial charge on any atom is -0.496 e. The van der Waals surface area contributed by atoms with E-state index in [2.05, 4.69) is 10.6 Å². The molecular weight excluding hydrogens is 422 g/mol. The Bertz CT molecular complexity index is 1020. The molecule has 0 bridgehead atoms. The standard InChI is InChI=1S/C25H31N3O5/c1-16(2)26-25(30)27-19-8-6-7-18(13-19)24(29)28-11-9-17(10-12-28)23-21(32-4)14-20(31-3)15-22(23)33-5/h6-9,13-16H,10-12H2,1-5H3,(H2,26,27,30). The molecule has 2 N–H and O–H groups in total. The summed E-state index contributed by atoms with van der Waals surface area (Å²) in [6, 6.07) is 10.3. The van der Waals surface area contributed by atoms with E-state index in [1.54, 1.807) is 50.5 Å². The van der Waals surface area contributed by atoms with Gasteiger partial charge in [0.15, 0.2) is 0 Å². The molecule has 0 saturated heterocycles. The first-order chi connectivity index (χ1) is 15.9. The van der Waals surface area contributed by atoms with Gasteiger partial charge in [-0.2, -0.15) is 0 Å². The third kappa shape index (κ3) is 5.77. The molecule has 0 fully saturated rings. The number of amides is 3. The van der Waals surface area contributed by atoms with Crippen molar-refractivity contribution >= 4 is 23.2 Å². The summed E-state index contributed by atoms with van der Waals surface area (Å²) in [5.41, 5.74) is 3.01. The lowest BCUT2D eigenvalue weighted by molar-refractivity contribution is 0.0773. The van der Waals surface area contributed by atoms with E-state index in [0.29, 0.717) is 48.0 Å². The first kappa shape index (κ1) is 24.0. The zero-order valence-corrected chi connectivity index (χ0v) is 19.7. The molecule has 1 aliphatic rings. The maximum Gasteiger partial charge on any atom is 0.319 e. The van der Waals surface area contributed by atoms with Crippen LogP contribution in [0.5, 0.6) is 17.2 Å². The molecule has 0 spiro atoms. The summed E-state index contributed by atoms with van der Waals surface area (Å²) in [4.78, 5) is 26.8. The summed E-state index contributed by atoms with van der Waals surface area (Å²) >= 11 is 0. The molecule has 176 valence electrons. The fourth-order valence-corrected chi connectivity index (χ4v) is 3.74. The van der Waals surface area contributed by atoms with Gasteiger partial charge in [0.25, 0.3) is 5.91 Å². The molecule has 0 unspecified atom stereocenters. The van der Waals surface area contributed by atoms with Crippen LogP contribution in [-0.4, -0.2) is 57.3 Å². The monoisotopic (exact) mass is 453 g/mol. The van der Waals surface area contributed by atoms with Crippen molar-refractivity contribution < 1.29 is 23.8 Å². The van der Waals surface area contributed by atoms with Gasteiger partial charge >= 0.3 is 6.03 Å². The van der Waals surface area contributed by atoms with Crippen LogP contribution < -0.4 is 24.8 Å². The van der Waals surface area contributed by atoms with E-state index in [1.165, 1.54) is 0 Å². The van der Waals surface area contributed by atoms with Gasteiger partial charge in [0.05, 0.1) is 26.9 Å². The van der Waals surface area contributed by atoms with E-state index in [4.69, 9.17) is 14.2 Å². The maximum absolute atomic E-state index is 13.1. The number of hydrogen-bond acceptors (Lipinski definition) is 5. The van der Waals surface area contributed by atoms with Gasteiger partial charge in [-0.05, 0) is 44.0 Å².